The number of amides is 1. The van der Waals surface area contributed by atoms with Gasteiger partial charge < -0.3 is 14.4 Å². The molecule has 0 bridgehead atoms. The number of hydrogen-bond donors (Lipinski definition) is 0. The molecule has 0 aliphatic carbocycles. The molecule has 5 heteroatoms. The van der Waals surface area contributed by atoms with E-state index in [-0.39, 0.29) is 11.9 Å². The lowest BCUT2D eigenvalue weighted by molar-refractivity contribution is 0.0682. The summed E-state index contributed by atoms with van der Waals surface area (Å²) in [6.07, 6.45) is 0.830. The lowest BCUT2D eigenvalue weighted by Crippen LogP contribution is -2.38. The second kappa shape index (κ2) is 6.01. The molecule has 2 aromatic rings. The molecule has 0 N–H and O–H groups in total. The smallest absolute Gasteiger partial charge is 0.264 e. The second-order valence-electron chi connectivity index (χ2n) is 5.31. The van der Waals surface area contributed by atoms with Crippen LogP contribution in [0.2, 0.25) is 0 Å². The number of fused-ring (bicyclic) bond motifs is 1. The zero-order valence-electron chi connectivity index (χ0n) is 13.0. The molecule has 1 aromatic carbocycles. The minimum atomic E-state index is 0.0261. The summed E-state index contributed by atoms with van der Waals surface area (Å²) in [5.74, 6) is 1.55. The molecule has 1 aromatic heterocycles. The van der Waals surface area contributed by atoms with Gasteiger partial charge in [-0.25, -0.2) is 0 Å². The predicted octanol–water partition coefficient (Wildman–Crippen LogP) is 3.52. The molecule has 1 atom stereocenters. The van der Waals surface area contributed by atoms with Crippen LogP contribution >= 0.6 is 11.3 Å². The molecule has 0 saturated carbocycles. The largest absolute Gasteiger partial charge is 0.493 e. The summed E-state index contributed by atoms with van der Waals surface area (Å²) >= 11 is 1.49. The summed E-state index contributed by atoms with van der Waals surface area (Å²) in [4.78, 5) is 15.4. The molecule has 0 radical (unpaired) electrons. The van der Waals surface area contributed by atoms with Crippen molar-refractivity contribution in [1.82, 2.24) is 4.90 Å². The van der Waals surface area contributed by atoms with E-state index in [2.05, 4.69) is 6.92 Å². The molecule has 22 heavy (non-hydrogen) atoms. The summed E-state index contributed by atoms with van der Waals surface area (Å²) in [7, 11) is 3.27. The third-order valence-electron chi connectivity index (χ3n) is 4.18. The van der Waals surface area contributed by atoms with Gasteiger partial charge in [0, 0.05) is 6.54 Å². The SMILES string of the molecule is COc1cc2c(cc1OC)[C@@H](C)N(C(=O)c1cccs1)CC2. The van der Waals surface area contributed by atoms with Crippen LogP contribution in [-0.4, -0.2) is 31.6 Å². The van der Waals surface area contributed by atoms with Crippen LogP contribution in [0.1, 0.15) is 33.8 Å². The highest BCUT2D eigenvalue weighted by atomic mass is 32.1. The summed E-state index contributed by atoms with van der Waals surface area (Å²) in [6.45, 7) is 2.79. The number of benzene rings is 1. The fraction of sp³-hybridized carbons (Fsp3) is 0.353. The number of hydrogen-bond acceptors (Lipinski definition) is 4. The Hall–Kier alpha value is -2.01. The Morgan fingerprint density at radius 3 is 2.64 bits per heavy atom. The van der Waals surface area contributed by atoms with E-state index in [9.17, 15) is 4.79 Å². The Labute approximate surface area is 134 Å². The molecule has 0 unspecified atom stereocenters. The van der Waals surface area contributed by atoms with Crippen molar-refractivity contribution in [2.75, 3.05) is 20.8 Å². The molecule has 1 amide bonds. The molecule has 0 spiro atoms. The maximum absolute atomic E-state index is 12.6. The summed E-state index contributed by atoms with van der Waals surface area (Å²) in [5, 5.41) is 1.93. The summed E-state index contributed by atoms with van der Waals surface area (Å²) < 4.78 is 10.8. The lowest BCUT2D eigenvalue weighted by atomic mass is 9.92. The van der Waals surface area contributed by atoms with Crippen molar-refractivity contribution in [2.24, 2.45) is 0 Å². The third-order valence-corrected chi connectivity index (χ3v) is 5.04. The van der Waals surface area contributed by atoms with Crippen molar-refractivity contribution >= 4 is 17.2 Å². The van der Waals surface area contributed by atoms with Crippen molar-refractivity contribution in [2.45, 2.75) is 19.4 Å². The average molecular weight is 317 g/mol. The number of methoxy groups -OCH3 is 2. The summed E-state index contributed by atoms with van der Waals surface area (Å²) in [5.41, 5.74) is 2.36. The van der Waals surface area contributed by atoms with Crippen molar-refractivity contribution in [3.63, 3.8) is 0 Å². The molecular formula is C17H19NO3S. The first-order chi connectivity index (χ1) is 10.7. The highest BCUT2D eigenvalue weighted by molar-refractivity contribution is 7.12. The Morgan fingerprint density at radius 1 is 1.27 bits per heavy atom. The number of carbonyl (C=O) groups is 1. The van der Waals surface area contributed by atoms with Gasteiger partial charge in [-0.2, -0.15) is 0 Å². The van der Waals surface area contributed by atoms with Crippen LogP contribution in [0.3, 0.4) is 0 Å². The minimum absolute atomic E-state index is 0.0261. The maximum atomic E-state index is 12.6. The summed E-state index contributed by atoms with van der Waals surface area (Å²) in [6, 6.07) is 7.83. The minimum Gasteiger partial charge on any atom is -0.493 e. The van der Waals surface area contributed by atoms with E-state index in [0.717, 1.165) is 29.2 Å². The van der Waals surface area contributed by atoms with Gasteiger partial charge in [0.25, 0.3) is 5.91 Å². The molecule has 1 aliphatic rings. The van der Waals surface area contributed by atoms with Gasteiger partial charge in [-0.3, -0.25) is 4.79 Å². The van der Waals surface area contributed by atoms with Gasteiger partial charge >= 0.3 is 0 Å². The number of thiophene rings is 1. The molecule has 0 saturated heterocycles. The Morgan fingerprint density at radius 2 is 2.00 bits per heavy atom. The molecular weight excluding hydrogens is 298 g/mol. The van der Waals surface area contributed by atoms with Gasteiger partial charge in [0.1, 0.15) is 0 Å². The van der Waals surface area contributed by atoms with Crippen LogP contribution in [0.5, 0.6) is 11.5 Å². The molecule has 2 heterocycles. The number of nitrogens with zero attached hydrogens (tertiary/aromatic N) is 1. The first-order valence-corrected chi connectivity index (χ1v) is 8.13. The van der Waals surface area contributed by atoms with Gasteiger partial charge in [-0.15, -0.1) is 11.3 Å². The molecule has 4 nitrogen and oxygen atoms in total. The van der Waals surface area contributed by atoms with E-state index in [4.69, 9.17) is 9.47 Å². The molecule has 3 rings (SSSR count). The normalized spacial score (nSPS) is 17.0. The van der Waals surface area contributed by atoms with Crippen LogP contribution in [0, 0.1) is 0 Å². The van der Waals surface area contributed by atoms with E-state index in [1.54, 1.807) is 14.2 Å². The Kier molecular flexibility index (Phi) is 4.07. The first-order valence-electron chi connectivity index (χ1n) is 7.25. The van der Waals surface area contributed by atoms with Crippen LogP contribution in [0.4, 0.5) is 0 Å². The maximum Gasteiger partial charge on any atom is 0.264 e. The van der Waals surface area contributed by atoms with Gasteiger partial charge in [-0.05, 0) is 48.1 Å². The Bertz CT molecular complexity index is 681. The van der Waals surface area contributed by atoms with Gasteiger partial charge in [-0.1, -0.05) is 6.07 Å². The predicted molar refractivity (Wildman–Crippen MR) is 87.0 cm³/mol. The molecule has 116 valence electrons. The van der Waals surface area contributed by atoms with Crippen LogP contribution < -0.4 is 9.47 Å². The number of ether oxygens (including phenoxy) is 2. The fourth-order valence-electron chi connectivity index (χ4n) is 2.96. The number of carbonyl (C=O) groups excluding carboxylic acids is 1. The molecule has 0 fully saturated rings. The zero-order valence-corrected chi connectivity index (χ0v) is 13.8. The Balaban J connectivity index is 1.95. The lowest BCUT2D eigenvalue weighted by Gasteiger charge is -2.35. The van der Waals surface area contributed by atoms with Crippen molar-refractivity contribution < 1.29 is 14.3 Å². The van der Waals surface area contributed by atoms with Crippen LogP contribution in [0.15, 0.2) is 29.6 Å². The van der Waals surface area contributed by atoms with E-state index in [1.165, 1.54) is 16.9 Å². The van der Waals surface area contributed by atoms with Crippen LogP contribution in [0.25, 0.3) is 0 Å². The van der Waals surface area contributed by atoms with Crippen LogP contribution in [-0.2, 0) is 6.42 Å². The van der Waals surface area contributed by atoms with E-state index >= 15 is 0 Å². The van der Waals surface area contributed by atoms with Gasteiger partial charge in [0.2, 0.25) is 0 Å². The molecule has 1 aliphatic heterocycles. The monoisotopic (exact) mass is 317 g/mol. The van der Waals surface area contributed by atoms with Gasteiger partial charge in [0.05, 0.1) is 25.1 Å². The van der Waals surface area contributed by atoms with Crippen molar-refractivity contribution in [3.8, 4) is 11.5 Å². The van der Waals surface area contributed by atoms with Gasteiger partial charge in [0.15, 0.2) is 11.5 Å². The van der Waals surface area contributed by atoms with Crippen molar-refractivity contribution in [3.05, 3.63) is 45.6 Å². The van der Waals surface area contributed by atoms with E-state index in [0.29, 0.717) is 5.75 Å². The highest BCUT2D eigenvalue weighted by Crippen LogP contribution is 2.38. The zero-order chi connectivity index (χ0) is 15.7. The topological polar surface area (TPSA) is 38.8 Å². The second-order valence-corrected chi connectivity index (χ2v) is 6.26. The average Bonchev–Trinajstić information content (AvgIpc) is 3.08. The van der Waals surface area contributed by atoms with E-state index in [1.807, 2.05) is 34.5 Å². The number of rotatable bonds is 3. The quantitative estimate of drug-likeness (QED) is 0.869. The van der Waals surface area contributed by atoms with E-state index < -0.39 is 0 Å². The third kappa shape index (κ3) is 2.46. The standard InChI is InChI=1S/C17H19NO3S/c1-11-13-10-15(21-3)14(20-2)9-12(13)6-7-18(11)17(19)16-5-4-8-22-16/h4-5,8-11H,6-7H2,1-3H3/t11-/m1/s1. The first kappa shape index (κ1) is 14.9. The van der Waals surface area contributed by atoms with Crippen molar-refractivity contribution in [1.29, 1.82) is 0 Å². The fourth-order valence-corrected chi connectivity index (χ4v) is 3.64. The highest BCUT2D eigenvalue weighted by Gasteiger charge is 2.30.